The predicted octanol–water partition coefficient (Wildman–Crippen LogP) is 3.23. The Balaban J connectivity index is 1.98. The molecule has 1 atom stereocenters. The first-order chi connectivity index (χ1) is 12.0. The first-order valence-corrected chi connectivity index (χ1v) is 8.85. The van der Waals surface area contributed by atoms with E-state index < -0.39 is 11.9 Å². The number of hydrogen-bond acceptors (Lipinski definition) is 4. The number of aliphatic carboxylic acids is 1. The van der Waals surface area contributed by atoms with Gasteiger partial charge in [0, 0.05) is 17.8 Å². The quantitative estimate of drug-likeness (QED) is 0.673. The van der Waals surface area contributed by atoms with Crippen LogP contribution in [0.5, 0.6) is 0 Å². The molecule has 3 N–H and O–H groups in total. The minimum atomic E-state index is -0.917. The van der Waals surface area contributed by atoms with Gasteiger partial charge in [0.15, 0.2) is 0 Å². The lowest BCUT2D eigenvalue weighted by Crippen LogP contribution is -2.33. The van der Waals surface area contributed by atoms with Crippen LogP contribution in [0.3, 0.4) is 0 Å². The first kappa shape index (κ1) is 18.7. The molecule has 0 radical (unpaired) electrons. The summed E-state index contributed by atoms with van der Waals surface area (Å²) < 4.78 is 0. The average Bonchev–Trinajstić information content (AvgIpc) is 3.13. The molecule has 0 bridgehead atoms. The van der Waals surface area contributed by atoms with Gasteiger partial charge in [-0.15, -0.1) is 11.3 Å². The Morgan fingerprint density at radius 2 is 1.96 bits per heavy atom. The molecular formula is C18H20N2O4S. The van der Waals surface area contributed by atoms with Crippen molar-refractivity contribution in [2.24, 2.45) is 5.92 Å². The zero-order chi connectivity index (χ0) is 18.2. The Hall–Kier alpha value is -2.67. The monoisotopic (exact) mass is 360 g/mol. The molecule has 25 heavy (non-hydrogen) atoms. The lowest BCUT2D eigenvalue weighted by atomic mass is 10.0. The van der Waals surface area contributed by atoms with Gasteiger partial charge in [0.1, 0.15) is 0 Å². The van der Waals surface area contributed by atoms with E-state index in [0.29, 0.717) is 22.5 Å². The fourth-order valence-corrected chi connectivity index (χ4v) is 2.94. The van der Waals surface area contributed by atoms with Crippen LogP contribution in [0, 0.1) is 5.92 Å². The summed E-state index contributed by atoms with van der Waals surface area (Å²) in [5.74, 6) is -2.12. The molecule has 7 heteroatoms. The number of rotatable bonds is 8. The van der Waals surface area contributed by atoms with Crippen LogP contribution in [0.25, 0.3) is 0 Å². The van der Waals surface area contributed by atoms with E-state index >= 15 is 0 Å². The molecular weight excluding hydrogens is 340 g/mol. The van der Waals surface area contributed by atoms with Crippen LogP contribution in [0.1, 0.15) is 39.8 Å². The van der Waals surface area contributed by atoms with Gasteiger partial charge in [-0.25, -0.2) is 0 Å². The third kappa shape index (κ3) is 5.42. The van der Waals surface area contributed by atoms with Crippen LogP contribution in [-0.4, -0.2) is 29.4 Å². The lowest BCUT2D eigenvalue weighted by molar-refractivity contribution is -0.141. The fraction of sp³-hybridized carbons (Fsp3) is 0.278. The van der Waals surface area contributed by atoms with E-state index in [1.54, 1.807) is 36.4 Å². The minimum absolute atomic E-state index is 0.0772. The minimum Gasteiger partial charge on any atom is -0.481 e. The van der Waals surface area contributed by atoms with Crippen molar-refractivity contribution >= 4 is 34.8 Å². The number of benzene rings is 1. The van der Waals surface area contributed by atoms with Gasteiger partial charge in [-0.3, -0.25) is 14.4 Å². The zero-order valence-corrected chi connectivity index (χ0v) is 14.6. The highest BCUT2D eigenvalue weighted by Crippen LogP contribution is 2.15. The van der Waals surface area contributed by atoms with Crippen molar-refractivity contribution in [2.75, 3.05) is 11.9 Å². The molecule has 2 aromatic rings. The largest absolute Gasteiger partial charge is 0.481 e. The Kier molecular flexibility index (Phi) is 6.71. The Labute approximate surface area is 149 Å². The normalized spacial score (nSPS) is 11.6. The summed E-state index contributed by atoms with van der Waals surface area (Å²) in [6.07, 6.45) is 1.24. The third-order valence-electron chi connectivity index (χ3n) is 3.62. The van der Waals surface area contributed by atoms with Crippen molar-refractivity contribution < 1.29 is 19.5 Å². The zero-order valence-electron chi connectivity index (χ0n) is 13.8. The topological polar surface area (TPSA) is 95.5 Å². The number of nitrogens with one attached hydrogen (secondary N) is 2. The summed E-state index contributed by atoms with van der Waals surface area (Å²) in [5.41, 5.74) is 0.874. The van der Waals surface area contributed by atoms with Crippen molar-refractivity contribution in [3.63, 3.8) is 0 Å². The van der Waals surface area contributed by atoms with Crippen molar-refractivity contribution in [1.82, 2.24) is 5.32 Å². The second kappa shape index (κ2) is 8.98. The highest BCUT2D eigenvalue weighted by Gasteiger charge is 2.18. The van der Waals surface area contributed by atoms with E-state index in [1.165, 1.54) is 11.3 Å². The number of thiophene rings is 1. The second-order valence-electron chi connectivity index (χ2n) is 5.55. The molecule has 132 valence electrons. The van der Waals surface area contributed by atoms with Gasteiger partial charge in [0.25, 0.3) is 11.8 Å². The molecule has 0 spiro atoms. The molecule has 1 heterocycles. The molecule has 2 rings (SSSR count). The first-order valence-electron chi connectivity index (χ1n) is 7.97. The molecule has 0 aliphatic carbocycles. The van der Waals surface area contributed by atoms with E-state index in [1.807, 2.05) is 12.3 Å². The van der Waals surface area contributed by atoms with Gasteiger partial charge in [0.2, 0.25) is 0 Å². The van der Waals surface area contributed by atoms with Crippen LogP contribution in [0.4, 0.5) is 5.69 Å². The number of carboxylic acids is 1. The van der Waals surface area contributed by atoms with Crippen molar-refractivity contribution in [1.29, 1.82) is 0 Å². The summed E-state index contributed by atoms with van der Waals surface area (Å²) in [5, 5.41) is 16.3. The number of carbonyl (C=O) groups is 3. The summed E-state index contributed by atoms with van der Waals surface area (Å²) in [4.78, 5) is 36.0. The van der Waals surface area contributed by atoms with Gasteiger partial charge in [0.05, 0.1) is 10.8 Å². The number of anilines is 1. The Morgan fingerprint density at radius 1 is 1.16 bits per heavy atom. The third-order valence-corrected chi connectivity index (χ3v) is 4.49. The van der Waals surface area contributed by atoms with Gasteiger partial charge in [-0.1, -0.05) is 25.5 Å². The predicted molar refractivity (Wildman–Crippen MR) is 97.1 cm³/mol. The maximum atomic E-state index is 12.2. The van der Waals surface area contributed by atoms with E-state index in [2.05, 4.69) is 10.6 Å². The molecule has 0 aliphatic heterocycles. The van der Waals surface area contributed by atoms with Gasteiger partial charge in [-0.2, -0.15) is 0 Å². The molecule has 1 unspecified atom stereocenters. The summed E-state index contributed by atoms with van der Waals surface area (Å²) in [6, 6.07) is 10.1. The van der Waals surface area contributed by atoms with E-state index in [4.69, 9.17) is 5.11 Å². The number of carboxylic acid groups (broad SMARTS) is 1. The van der Waals surface area contributed by atoms with Crippen LogP contribution in [-0.2, 0) is 4.79 Å². The molecule has 0 saturated heterocycles. The maximum absolute atomic E-state index is 12.2. The number of amides is 2. The molecule has 0 saturated carbocycles. The van der Waals surface area contributed by atoms with Crippen molar-refractivity contribution in [2.45, 2.75) is 19.8 Å². The second-order valence-corrected chi connectivity index (χ2v) is 6.49. The van der Waals surface area contributed by atoms with E-state index in [-0.39, 0.29) is 18.4 Å². The smallest absolute Gasteiger partial charge is 0.308 e. The van der Waals surface area contributed by atoms with Crippen LogP contribution in [0.2, 0.25) is 0 Å². The summed E-state index contributed by atoms with van der Waals surface area (Å²) >= 11 is 1.33. The molecule has 2 amide bonds. The molecule has 1 aromatic carbocycles. The van der Waals surface area contributed by atoms with Crippen LogP contribution in [0.15, 0.2) is 41.8 Å². The lowest BCUT2D eigenvalue weighted by Gasteiger charge is -2.13. The van der Waals surface area contributed by atoms with Crippen LogP contribution >= 0.6 is 11.3 Å². The van der Waals surface area contributed by atoms with E-state index in [0.717, 1.165) is 6.42 Å². The molecule has 0 fully saturated rings. The number of hydrogen-bond donors (Lipinski definition) is 3. The summed E-state index contributed by atoms with van der Waals surface area (Å²) in [7, 11) is 0. The van der Waals surface area contributed by atoms with Gasteiger partial charge < -0.3 is 15.7 Å². The standard InChI is InChI=1S/C18H20N2O4S/c1-2-5-13(18(23)24)11-19-16(21)12-6-3-7-14(10-12)20-17(22)15-8-4-9-25-15/h3-4,6-10,13H,2,5,11H2,1H3,(H,19,21)(H,20,22)(H,23,24). The Morgan fingerprint density at radius 3 is 2.60 bits per heavy atom. The van der Waals surface area contributed by atoms with Gasteiger partial charge in [-0.05, 0) is 36.1 Å². The van der Waals surface area contributed by atoms with Crippen molar-refractivity contribution in [3.8, 4) is 0 Å². The van der Waals surface area contributed by atoms with Crippen molar-refractivity contribution in [3.05, 3.63) is 52.2 Å². The average molecular weight is 360 g/mol. The SMILES string of the molecule is CCCC(CNC(=O)c1cccc(NC(=O)c2cccs2)c1)C(=O)O. The van der Waals surface area contributed by atoms with Gasteiger partial charge >= 0.3 is 5.97 Å². The van der Waals surface area contributed by atoms with E-state index in [9.17, 15) is 14.4 Å². The molecule has 0 aliphatic rings. The molecule has 1 aromatic heterocycles. The number of carbonyl (C=O) groups excluding carboxylic acids is 2. The Bertz CT molecular complexity index is 743. The summed E-state index contributed by atoms with van der Waals surface area (Å²) in [6.45, 7) is 1.98. The fourth-order valence-electron chi connectivity index (χ4n) is 2.32. The van der Waals surface area contributed by atoms with Crippen LogP contribution < -0.4 is 10.6 Å². The maximum Gasteiger partial charge on any atom is 0.308 e. The molecule has 6 nitrogen and oxygen atoms in total. The highest BCUT2D eigenvalue weighted by molar-refractivity contribution is 7.12. The highest BCUT2D eigenvalue weighted by atomic mass is 32.1.